The van der Waals surface area contributed by atoms with Gasteiger partial charge in [0.2, 0.25) is 5.91 Å². The van der Waals surface area contributed by atoms with Gasteiger partial charge in [0.25, 0.3) is 0 Å². The van der Waals surface area contributed by atoms with Gasteiger partial charge in [0, 0.05) is 36.9 Å². The van der Waals surface area contributed by atoms with Crippen LogP contribution < -0.4 is 0 Å². The highest BCUT2D eigenvalue weighted by atomic mass is 35.5. The number of carbonyl (C=O) groups excluding carboxylic acids is 1. The summed E-state index contributed by atoms with van der Waals surface area (Å²) in [4.78, 5) is 14.0. The zero-order valence-corrected chi connectivity index (χ0v) is 13.5. The maximum atomic E-state index is 12.3. The second-order valence-corrected chi connectivity index (χ2v) is 6.05. The van der Waals surface area contributed by atoms with Crippen LogP contribution in [0.5, 0.6) is 0 Å². The highest BCUT2D eigenvalue weighted by molar-refractivity contribution is 6.30. The first-order valence-electron chi connectivity index (χ1n) is 6.60. The molecule has 2 rings (SSSR count). The summed E-state index contributed by atoms with van der Waals surface area (Å²) in [6.07, 6.45) is 3.64. The predicted molar refractivity (Wildman–Crippen MR) is 84.2 cm³/mol. The lowest BCUT2D eigenvalue weighted by Gasteiger charge is -2.23. The Kier molecular flexibility index (Phi) is 5.26. The summed E-state index contributed by atoms with van der Waals surface area (Å²) in [5.41, 5.74) is 1.98. The Hall–Kier alpha value is -1.52. The standard InChI is InChI=1S/C15H17Cl2N3O/c1-11(16)15(21)20(10-13-7-18-19(2)8-13)9-12-3-5-14(17)6-4-12/h3-8,11H,9-10H2,1-2H3. The smallest absolute Gasteiger partial charge is 0.240 e. The molecule has 21 heavy (non-hydrogen) atoms. The van der Waals surface area contributed by atoms with Gasteiger partial charge in [-0.3, -0.25) is 9.48 Å². The topological polar surface area (TPSA) is 38.1 Å². The first-order chi connectivity index (χ1) is 9.95. The molecule has 1 amide bonds. The van der Waals surface area contributed by atoms with E-state index < -0.39 is 5.38 Å². The van der Waals surface area contributed by atoms with Gasteiger partial charge in [-0.2, -0.15) is 5.10 Å². The number of aromatic nitrogens is 2. The molecule has 0 aliphatic heterocycles. The molecule has 2 aromatic rings. The highest BCUT2D eigenvalue weighted by Crippen LogP contribution is 2.15. The van der Waals surface area contributed by atoms with Gasteiger partial charge in [0.05, 0.1) is 6.20 Å². The van der Waals surface area contributed by atoms with Gasteiger partial charge in [-0.1, -0.05) is 23.7 Å². The fourth-order valence-corrected chi connectivity index (χ4v) is 2.31. The quantitative estimate of drug-likeness (QED) is 0.791. The van der Waals surface area contributed by atoms with Crippen molar-refractivity contribution in [2.24, 2.45) is 7.05 Å². The average Bonchev–Trinajstić information content (AvgIpc) is 2.85. The third-order valence-corrected chi connectivity index (χ3v) is 3.51. The van der Waals surface area contributed by atoms with Crippen LogP contribution in [0.1, 0.15) is 18.1 Å². The van der Waals surface area contributed by atoms with E-state index >= 15 is 0 Å². The van der Waals surface area contributed by atoms with Crippen molar-refractivity contribution < 1.29 is 4.79 Å². The molecule has 0 saturated carbocycles. The number of hydrogen-bond acceptors (Lipinski definition) is 2. The Morgan fingerprint density at radius 3 is 2.43 bits per heavy atom. The molecule has 0 saturated heterocycles. The molecule has 1 unspecified atom stereocenters. The summed E-state index contributed by atoms with van der Waals surface area (Å²) >= 11 is 11.8. The van der Waals surface area contributed by atoms with Gasteiger partial charge in [-0.25, -0.2) is 0 Å². The Balaban J connectivity index is 2.15. The summed E-state index contributed by atoms with van der Waals surface area (Å²) in [5.74, 6) is -0.101. The van der Waals surface area contributed by atoms with Crippen molar-refractivity contribution >= 4 is 29.1 Å². The van der Waals surface area contributed by atoms with Crippen molar-refractivity contribution in [3.63, 3.8) is 0 Å². The molecule has 0 aliphatic carbocycles. The van der Waals surface area contributed by atoms with Crippen molar-refractivity contribution in [1.29, 1.82) is 0 Å². The van der Waals surface area contributed by atoms with Crippen molar-refractivity contribution in [3.8, 4) is 0 Å². The second kappa shape index (κ2) is 6.96. The van der Waals surface area contributed by atoms with Crippen molar-refractivity contribution in [2.45, 2.75) is 25.4 Å². The minimum absolute atomic E-state index is 0.101. The van der Waals surface area contributed by atoms with Crippen molar-refractivity contribution in [1.82, 2.24) is 14.7 Å². The molecule has 1 heterocycles. The van der Waals surface area contributed by atoms with Gasteiger partial charge >= 0.3 is 0 Å². The van der Waals surface area contributed by atoms with Crippen LogP contribution in [0.15, 0.2) is 36.7 Å². The predicted octanol–water partition coefficient (Wildman–Crippen LogP) is 3.23. The van der Waals surface area contributed by atoms with E-state index in [4.69, 9.17) is 23.2 Å². The number of benzene rings is 1. The normalized spacial score (nSPS) is 12.2. The zero-order chi connectivity index (χ0) is 15.4. The molecule has 0 aliphatic rings. The number of rotatable bonds is 5. The van der Waals surface area contributed by atoms with E-state index in [9.17, 15) is 4.79 Å². The van der Waals surface area contributed by atoms with E-state index in [1.54, 1.807) is 22.7 Å². The minimum Gasteiger partial charge on any atom is -0.333 e. The first-order valence-corrected chi connectivity index (χ1v) is 7.42. The van der Waals surface area contributed by atoms with E-state index in [2.05, 4.69) is 5.10 Å². The maximum Gasteiger partial charge on any atom is 0.240 e. The molecule has 1 atom stereocenters. The molecule has 112 valence electrons. The molecule has 4 nitrogen and oxygen atoms in total. The molecule has 0 fully saturated rings. The van der Waals surface area contributed by atoms with Crippen LogP contribution in [-0.4, -0.2) is 26.0 Å². The Bertz CT molecular complexity index is 608. The summed E-state index contributed by atoms with van der Waals surface area (Å²) in [6, 6.07) is 7.44. The fraction of sp³-hybridized carbons (Fsp3) is 0.333. The Morgan fingerprint density at radius 2 is 1.90 bits per heavy atom. The second-order valence-electron chi connectivity index (χ2n) is 4.96. The highest BCUT2D eigenvalue weighted by Gasteiger charge is 2.19. The number of halogens is 2. The number of carbonyl (C=O) groups is 1. The number of alkyl halides is 1. The summed E-state index contributed by atoms with van der Waals surface area (Å²) in [6.45, 7) is 2.65. The van der Waals surface area contributed by atoms with Crippen LogP contribution in [0.4, 0.5) is 0 Å². The third kappa shape index (κ3) is 4.48. The fourth-order valence-electron chi connectivity index (χ4n) is 2.05. The van der Waals surface area contributed by atoms with Crippen LogP contribution in [0.3, 0.4) is 0 Å². The Labute approximate surface area is 134 Å². The summed E-state index contributed by atoms with van der Waals surface area (Å²) in [5, 5.41) is 4.24. The Morgan fingerprint density at radius 1 is 1.29 bits per heavy atom. The monoisotopic (exact) mass is 325 g/mol. The number of amides is 1. The average molecular weight is 326 g/mol. The van der Waals surface area contributed by atoms with Crippen LogP contribution >= 0.6 is 23.2 Å². The van der Waals surface area contributed by atoms with E-state index in [-0.39, 0.29) is 5.91 Å². The molecule has 1 aromatic heterocycles. The van der Waals surface area contributed by atoms with Gasteiger partial charge in [0.15, 0.2) is 0 Å². The molecular weight excluding hydrogens is 309 g/mol. The van der Waals surface area contributed by atoms with Gasteiger partial charge < -0.3 is 4.90 Å². The van der Waals surface area contributed by atoms with Gasteiger partial charge in [-0.15, -0.1) is 11.6 Å². The SMILES string of the molecule is CC(Cl)C(=O)N(Cc1ccc(Cl)cc1)Cc1cnn(C)c1. The maximum absolute atomic E-state index is 12.3. The van der Waals surface area contributed by atoms with E-state index in [0.717, 1.165) is 11.1 Å². The van der Waals surface area contributed by atoms with Gasteiger partial charge in [-0.05, 0) is 24.6 Å². The van der Waals surface area contributed by atoms with E-state index in [1.165, 1.54) is 0 Å². The summed E-state index contributed by atoms with van der Waals surface area (Å²) < 4.78 is 1.71. The van der Waals surface area contributed by atoms with Crippen LogP contribution in [0.25, 0.3) is 0 Å². The lowest BCUT2D eigenvalue weighted by atomic mass is 10.2. The molecule has 0 N–H and O–H groups in total. The first kappa shape index (κ1) is 15.9. The van der Waals surface area contributed by atoms with Gasteiger partial charge in [0.1, 0.15) is 5.38 Å². The third-order valence-electron chi connectivity index (χ3n) is 3.07. The van der Waals surface area contributed by atoms with Crippen molar-refractivity contribution in [3.05, 3.63) is 52.8 Å². The number of aryl methyl sites for hydroxylation is 1. The number of hydrogen-bond donors (Lipinski definition) is 0. The molecule has 1 aromatic carbocycles. The zero-order valence-electron chi connectivity index (χ0n) is 12.0. The molecule has 0 radical (unpaired) electrons. The van der Waals surface area contributed by atoms with Crippen LogP contribution in [0.2, 0.25) is 5.02 Å². The number of nitrogens with zero attached hydrogens (tertiary/aromatic N) is 3. The molecular formula is C15H17Cl2N3O. The lowest BCUT2D eigenvalue weighted by molar-refractivity contribution is -0.131. The molecule has 6 heteroatoms. The van der Waals surface area contributed by atoms with Crippen LogP contribution in [0, 0.1) is 0 Å². The van der Waals surface area contributed by atoms with E-state index in [1.807, 2.05) is 37.5 Å². The lowest BCUT2D eigenvalue weighted by Crippen LogP contribution is -2.34. The largest absolute Gasteiger partial charge is 0.333 e. The molecule has 0 spiro atoms. The van der Waals surface area contributed by atoms with E-state index in [0.29, 0.717) is 18.1 Å². The summed E-state index contributed by atoms with van der Waals surface area (Å²) in [7, 11) is 1.85. The minimum atomic E-state index is -0.561. The van der Waals surface area contributed by atoms with Crippen LogP contribution in [-0.2, 0) is 24.9 Å². The van der Waals surface area contributed by atoms with Crippen molar-refractivity contribution in [2.75, 3.05) is 0 Å². The molecule has 0 bridgehead atoms.